The smallest absolute Gasteiger partial charge is 0.292 e. The quantitative estimate of drug-likeness (QED) is 0.533. The number of anilines is 2. The first-order valence-electron chi connectivity index (χ1n) is 6.99. The summed E-state index contributed by atoms with van der Waals surface area (Å²) in [6.45, 7) is 1.86. The highest BCUT2D eigenvalue weighted by molar-refractivity contribution is 5.67. The molecule has 21 heavy (non-hydrogen) atoms. The van der Waals surface area contributed by atoms with Gasteiger partial charge in [-0.1, -0.05) is 30.3 Å². The summed E-state index contributed by atoms with van der Waals surface area (Å²) in [5.74, 6) is 0.502. The zero-order chi connectivity index (χ0) is 14.8. The Morgan fingerprint density at radius 1 is 1.19 bits per heavy atom. The molecule has 2 aromatic rings. The average Bonchev–Trinajstić information content (AvgIpc) is 2.97. The van der Waals surface area contributed by atoms with Crippen LogP contribution in [0.4, 0.5) is 17.1 Å². The van der Waals surface area contributed by atoms with Gasteiger partial charge in [0.1, 0.15) is 5.69 Å². The zero-order valence-corrected chi connectivity index (χ0v) is 11.6. The van der Waals surface area contributed by atoms with Gasteiger partial charge < -0.3 is 10.6 Å². The van der Waals surface area contributed by atoms with Crippen LogP contribution in [0.3, 0.4) is 0 Å². The lowest BCUT2D eigenvalue weighted by atomic mass is 9.99. The summed E-state index contributed by atoms with van der Waals surface area (Å²) in [5.41, 5.74) is 8.26. The molecule has 0 amide bonds. The van der Waals surface area contributed by atoms with E-state index in [1.54, 1.807) is 12.1 Å². The summed E-state index contributed by atoms with van der Waals surface area (Å²) in [5, 5.41) is 10.8. The molecule has 1 saturated heterocycles. The predicted molar refractivity (Wildman–Crippen MR) is 83.5 cm³/mol. The molecule has 108 valence electrons. The Hall–Kier alpha value is -2.56. The van der Waals surface area contributed by atoms with Gasteiger partial charge in [0.05, 0.1) is 4.92 Å². The highest BCUT2D eigenvalue weighted by Gasteiger charge is 2.25. The lowest BCUT2D eigenvalue weighted by Gasteiger charge is -2.19. The molecule has 0 bridgehead atoms. The van der Waals surface area contributed by atoms with E-state index in [0.29, 0.717) is 5.92 Å². The molecular formula is C16H17N3O2. The normalized spacial score (nSPS) is 17.9. The number of hydrogen-bond acceptors (Lipinski definition) is 4. The fourth-order valence-electron chi connectivity index (χ4n) is 2.90. The van der Waals surface area contributed by atoms with E-state index in [1.807, 2.05) is 6.07 Å². The number of hydrogen-bond donors (Lipinski definition) is 1. The summed E-state index contributed by atoms with van der Waals surface area (Å²) >= 11 is 0. The van der Waals surface area contributed by atoms with Crippen molar-refractivity contribution in [2.75, 3.05) is 23.7 Å². The van der Waals surface area contributed by atoms with Gasteiger partial charge in [-0.25, -0.2) is 0 Å². The minimum absolute atomic E-state index is 0.0300. The topological polar surface area (TPSA) is 72.4 Å². The number of nitrogen functional groups attached to an aromatic ring is 1. The van der Waals surface area contributed by atoms with E-state index in [4.69, 9.17) is 5.73 Å². The largest absolute Gasteiger partial charge is 0.393 e. The predicted octanol–water partition coefficient (Wildman–Crippen LogP) is 3.17. The first-order chi connectivity index (χ1) is 10.1. The van der Waals surface area contributed by atoms with Crippen LogP contribution in [0.5, 0.6) is 0 Å². The number of nitro groups is 1. The summed E-state index contributed by atoms with van der Waals surface area (Å²) in [6.07, 6.45) is 1.08. The van der Waals surface area contributed by atoms with E-state index in [-0.39, 0.29) is 11.4 Å². The highest BCUT2D eigenvalue weighted by Crippen LogP contribution is 2.33. The van der Waals surface area contributed by atoms with Crippen molar-refractivity contribution in [1.29, 1.82) is 0 Å². The number of nitrogens with zero attached hydrogens (tertiary/aromatic N) is 2. The number of benzene rings is 2. The Bertz CT molecular complexity index is 658. The molecule has 0 saturated carbocycles. The maximum atomic E-state index is 10.8. The van der Waals surface area contributed by atoms with Crippen LogP contribution in [-0.2, 0) is 0 Å². The molecule has 1 unspecified atom stereocenters. The fourth-order valence-corrected chi connectivity index (χ4v) is 2.90. The molecule has 2 aromatic carbocycles. The van der Waals surface area contributed by atoms with Gasteiger partial charge in [0.2, 0.25) is 0 Å². The molecule has 1 heterocycles. The lowest BCUT2D eigenvalue weighted by molar-refractivity contribution is -0.383. The van der Waals surface area contributed by atoms with Crippen LogP contribution in [0.2, 0.25) is 0 Å². The van der Waals surface area contributed by atoms with Crippen LogP contribution in [-0.4, -0.2) is 18.0 Å². The van der Waals surface area contributed by atoms with Crippen LogP contribution in [0.1, 0.15) is 17.9 Å². The Morgan fingerprint density at radius 2 is 1.95 bits per heavy atom. The van der Waals surface area contributed by atoms with E-state index in [2.05, 4.69) is 29.2 Å². The molecule has 1 aliphatic heterocycles. The highest BCUT2D eigenvalue weighted by atomic mass is 16.6. The molecular weight excluding hydrogens is 266 g/mol. The van der Waals surface area contributed by atoms with Crippen LogP contribution in [0.25, 0.3) is 0 Å². The number of rotatable bonds is 3. The molecule has 1 fully saturated rings. The molecule has 3 rings (SSSR count). The number of nitro benzene ring substituents is 1. The van der Waals surface area contributed by atoms with Gasteiger partial charge in [-0.15, -0.1) is 0 Å². The third-order valence-corrected chi connectivity index (χ3v) is 4.03. The molecule has 1 aliphatic rings. The third kappa shape index (κ3) is 2.67. The van der Waals surface area contributed by atoms with Gasteiger partial charge in [0.25, 0.3) is 5.69 Å². The lowest BCUT2D eigenvalue weighted by Crippen LogP contribution is -2.19. The molecule has 1 atom stereocenters. The Labute approximate surface area is 123 Å². The van der Waals surface area contributed by atoms with Crippen molar-refractivity contribution >= 4 is 17.1 Å². The summed E-state index contributed by atoms with van der Waals surface area (Å²) in [4.78, 5) is 12.6. The van der Waals surface area contributed by atoms with Crippen molar-refractivity contribution in [3.05, 3.63) is 64.2 Å². The second kappa shape index (κ2) is 5.44. The van der Waals surface area contributed by atoms with Gasteiger partial charge in [-0.05, 0) is 24.1 Å². The van der Waals surface area contributed by atoms with Gasteiger partial charge in [-0.2, -0.15) is 0 Å². The number of nitrogens with two attached hydrogens (primary N) is 1. The fraction of sp³-hybridized carbons (Fsp3) is 0.250. The molecule has 0 radical (unpaired) electrons. The zero-order valence-electron chi connectivity index (χ0n) is 11.6. The minimum Gasteiger partial charge on any atom is -0.393 e. The summed E-state index contributed by atoms with van der Waals surface area (Å²) in [6, 6.07) is 15.4. The van der Waals surface area contributed by atoms with Gasteiger partial charge in [0.15, 0.2) is 0 Å². The Kier molecular flexibility index (Phi) is 3.48. The van der Waals surface area contributed by atoms with E-state index in [0.717, 1.165) is 25.2 Å². The van der Waals surface area contributed by atoms with Gasteiger partial charge in [0, 0.05) is 30.8 Å². The van der Waals surface area contributed by atoms with Crippen molar-refractivity contribution in [1.82, 2.24) is 0 Å². The second-order valence-corrected chi connectivity index (χ2v) is 5.34. The van der Waals surface area contributed by atoms with E-state index in [1.165, 1.54) is 11.6 Å². The molecule has 5 nitrogen and oxygen atoms in total. The third-order valence-electron chi connectivity index (χ3n) is 4.03. The first-order valence-corrected chi connectivity index (χ1v) is 6.99. The summed E-state index contributed by atoms with van der Waals surface area (Å²) < 4.78 is 0. The Morgan fingerprint density at radius 3 is 2.62 bits per heavy atom. The van der Waals surface area contributed by atoms with Crippen molar-refractivity contribution < 1.29 is 4.92 Å². The minimum atomic E-state index is -0.449. The van der Waals surface area contributed by atoms with E-state index >= 15 is 0 Å². The molecule has 0 aromatic heterocycles. The van der Waals surface area contributed by atoms with Crippen LogP contribution >= 0.6 is 0 Å². The molecule has 0 aliphatic carbocycles. The van der Waals surface area contributed by atoms with Gasteiger partial charge >= 0.3 is 0 Å². The maximum Gasteiger partial charge on any atom is 0.292 e. The van der Waals surface area contributed by atoms with Crippen molar-refractivity contribution in [2.45, 2.75) is 12.3 Å². The maximum absolute atomic E-state index is 10.8. The van der Waals surface area contributed by atoms with Crippen LogP contribution in [0, 0.1) is 10.1 Å². The molecule has 0 spiro atoms. The average molecular weight is 283 g/mol. The van der Waals surface area contributed by atoms with Crippen LogP contribution in [0.15, 0.2) is 48.5 Å². The standard InChI is InChI=1S/C16H17N3O2/c17-15-10-14(6-7-16(15)19(20)21)18-9-8-13(11-18)12-4-2-1-3-5-12/h1-7,10,13H,8-9,11,17H2. The summed E-state index contributed by atoms with van der Waals surface area (Å²) in [7, 11) is 0. The first kappa shape index (κ1) is 13.4. The van der Waals surface area contributed by atoms with Crippen LogP contribution < -0.4 is 10.6 Å². The van der Waals surface area contributed by atoms with Crippen molar-refractivity contribution in [3.63, 3.8) is 0 Å². The van der Waals surface area contributed by atoms with E-state index in [9.17, 15) is 10.1 Å². The van der Waals surface area contributed by atoms with E-state index < -0.39 is 4.92 Å². The molecule has 2 N–H and O–H groups in total. The Balaban J connectivity index is 1.77. The monoisotopic (exact) mass is 283 g/mol. The SMILES string of the molecule is Nc1cc(N2CCC(c3ccccc3)C2)ccc1[N+](=O)[O-]. The second-order valence-electron chi connectivity index (χ2n) is 5.34. The molecule has 5 heteroatoms. The van der Waals surface area contributed by atoms with Gasteiger partial charge in [-0.3, -0.25) is 10.1 Å². The van der Waals surface area contributed by atoms with Crippen molar-refractivity contribution in [2.24, 2.45) is 0 Å². The van der Waals surface area contributed by atoms with Crippen molar-refractivity contribution in [3.8, 4) is 0 Å².